The van der Waals surface area contributed by atoms with Crippen molar-refractivity contribution >= 4 is 11.8 Å². The molecule has 1 aromatic rings. The molecule has 2 rings (SSSR count). The maximum atomic E-state index is 12.1. The standard InChI is InChI=1S/C14H18N2O3/c1-14(9-17,10-5-3-2-4-6-10)16-13(19)11-7-8-12(18)15-11/h2-6,11,17H,7-9H2,1H3,(H,15,18)(H,16,19)/t11-,14?/m0/s1. The SMILES string of the molecule is CC(CO)(NC(=O)[C@@H]1CCC(=O)N1)c1ccccc1. The Bertz CT molecular complexity index is 475. The first-order valence-electron chi connectivity index (χ1n) is 6.33. The fourth-order valence-corrected chi connectivity index (χ4v) is 2.18. The van der Waals surface area contributed by atoms with E-state index >= 15 is 0 Å². The Morgan fingerprint density at radius 1 is 1.47 bits per heavy atom. The van der Waals surface area contributed by atoms with Crippen molar-refractivity contribution in [1.82, 2.24) is 10.6 Å². The summed E-state index contributed by atoms with van der Waals surface area (Å²) in [6, 6.07) is 8.79. The number of aliphatic hydroxyl groups is 1. The Balaban J connectivity index is 2.10. The molecule has 3 N–H and O–H groups in total. The van der Waals surface area contributed by atoms with Crippen LogP contribution in [0.15, 0.2) is 30.3 Å². The van der Waals surface area contributed by atoms with E-state index in [1.807, 2.05) is 30.3 Å². The van der Waals surface area contributed by atoms with Gasteiger partial charge in [0.05, 0.1) is 12.1 Å². The van der Waals surface area contributed by atoms with Gasteiger partial charge in [0.25, 0.3) is 0 Å². The predicted octanol–water partition coefficient (Wildman–Crippen LogP) is 0.289. The van der Waals surface area contributed by atoms with Gasteiger partial charge in [-0.05, 0) is 18.9 Å². The highest BCUT2D eigenvalue weighted by Crippen LogP contribution is 2.20. The third-order valence-electron chi connectivity index (χ3n) is 3.44. The van der Waals surface area contributed by atoms with Gasteiger partial charge in [0.15, 0.2) is 0 Å². The van der Waals surface area contributed by atoms with Crippen LogP contribution in [-0.2, 0) is 15.1 Å². The van der Waals surface area contributed by atoms with Crippen molar-refractivity contribution in [2.24, 2.45) is 0 Å². The lowest BCUT2D eigenvalue weighted by Gasteiger charge is -2.30. The Morgan fingerprint density at radius 3 is 2.68 bits per heavy atom. The zero-order valence-electron chi connectivity index (χ0n) is 10.8. The molecule has 0 saturated carbocycles. The lowest BCUT2D eigenvalue weighted by atomic mass is 9.92. The molecular formula is C14H18N2O3. The van der Waals surface area contributed by atoms with E-state index in [-0.39, 0.29) is 18.4 Å². The van der Waals surface area contributed by atoms with E-state index < -0.39 is 11.6 Å². The number of rotatable bonds is 4. The summed E-state index contributed by atoms with van der Waals surface area (Å²) in [7, 11) is 0. The first kappa shape index (κ1) is 13.5. The number of aliphatic hydroxyl groups excluding tert-OH is 1. The molecule has 0 aliphatic carbocycles. The summed E-state index contributed by atoms with van der Waals surface area (Å²) in [5.41, 5.74) is -0.0127. The summed E-state index contributed by atoms with van der Waals surface area (Å²) in [5, 5.41) is 15.0. The fourth-order valence-electron chi connectivity index (χ4n) is 2.18. The normalized spacial score (nSPS) is 21.6. The number of hydrogen-bond donors (Lipinski definition) is 3. The zero-order valence-corrected chi connectivity index (χ0v) is 10.8. The number of benzene rings is 1. The Labute approximate surface area is 112 Å². The number of nitrogens with one attached hydrogen (secondary N) is 2. The second-order valence-corrected chi connectivity index (χ2v) is 5.00. The molecule has 2 atom stereocenters. The summed E-state index contributed by atoms with van der Waals surface area (Å²) in [6.45, 7) is 1.56. The molecule has 2 amide bonds. The highest BCUT2D eigenvalue weighted by atomic mass is 16.3. The molecule has 19 heavy (non-hydrogen) atoms. The van der Waals surface area contributed by atoms with Gasteiger partial charge in [-0.1, -0.05) is 30.3 Å². The first-order valence-corrected chi connectivity index (χ1v) is 6.33. The first-order chi connectivity index (χ1) is 9.05. The van der Waals surface area contributed by atoms with Gasteiger partial charge in [0.1, 0.15) is 6.04 Å². The Kier molecular flexibility index (Phi) is 3.85. The summed E-state index contributed by atoms with van der Waals surface area (Å²) >= 11 is 0. The predicted molar refractivity (Wildman–Crippen MR) is 70.2 cm³/mol. The van der Waals surface area contributed by atoms with Gasteiger partial charge < -0.3 is 15.7 Å². The molecule has 1 saturated heterocycles. The van der Waals surface area contributed by atoms with Crippen LogP contribution < -0.4 is 10.6 Å². The number of hydrogen-bond acceptors (Lipinski definition) is 3. The van der Waals surface area contributed by atoms with Gasteiger partial charge in [-0.25, -0.2) is 0 Å². The highest BCUT2D eigenvalue weighted by Gasteiger charge is 2.33. The molecular weight excluding hydrogens is 244 g/mol. The van der Waals surface area contributed by atoms with Gasteiger partial charge in [0, 0.05) is 6.42 Å². The molecule has 1 fully saturated rings. The zero-order chi connectivity index (χ0) is 13.9. The topological polar surface area (TPSA) is 78.4 Å². The van der Waals surface area contributed by atoms with Gasteiger partial charge in [-0.3, -0.25) is 9.59 Å². The van der Waals surface area contributed by atoms with E-state index in [4.69, 9.17) is 0 Å². The summed E-state index contributed by atoms with van der Waals surface area (Å²) in [5.74, 6) is -0.364. The molecule has 0 spiro atoms. The maximum Gasteiger partial charge on any atom is 0.243 e. The maximum absolute atomic E-state index is 12.1. The van der Waals surface area contributed by atoms with Crippen LogP contribution in [0.5, 0.6) is 0 Å². The van der Waals surface area contributed by atoms with Crippen LogP contribution in [0.25, 0.3) is 0 Å². The van der Waals surface area contributed by atoms with Crippen molar-refractivity contribution in [3.05, 3.63) is 35.9 Å². The van der Waals surface area contributed by atoms with Crippen molar-refractivity contribution in [3.63, 3.8) is 0 Å². The van der Waals surface area contributed by atoms with E-state index in [2.05, 4.69) is 10.6 Å². The second-order valence-electron chi connectivity index (χ2n) is 5.00. The van der Waals surface area contributed by atoms with Crippen molar-refractivity contribution in [2.75, 3.05) is 6.61 Å². The largest absolute Gasteiger partial charge is 0.394 e. The van der Waals surface area contributed by atoms with Crippen LogP contribution in [0.2, 0.25) is 0 Å². The van der Waals surface area contributed by atoms with Gasteiger partial charge >= 0.3 is 0 Å². The smallest absolute Gasteiger partial charge is 0.243 e. The molecule has 102 valence electrons. The van der Waals surface area contributed by atoms with Gasteiger partial charge in [-0.2, -0.15) is 0 Å². The minimum Gasteiger partial charge on any atom is -0.394 e. The summed E-state index contributed by atoms with van der Waals surface area (Å²) < 4.78 is 0. The molecule has 1 aliphatic heterocycles. The van der Waals surface area contributed by atoms with Crippen LogP contribution in [0.1, 0.15) is 25.3 Å². The van der Waals surface area contributed by atoms with Crippen molar-refractivity contribution in [1.29, 1.82) is 0 Å². The molecule has 5 nitrogen and oxygen atoms in total. The lowest BCUT2D eigenvalue weighted by molar-refractivity contribution is -0.127. The molecule has 0 bridgehead atoms. The Hall–Kier alpha value is -1.88. The van der Waals surface area contributed by atoms with Crippen molar-refractivity contribution in [2.45, 2.75) is 31.3 Å². The lowest BCUT2D eigenvalue weighted by Crippen LogP contribution is -2.52. The van der Waals surface area contributed by atoms with Crippen LogP contribution in [-0.4, -0.2) is 29.6 Å². The molecule has 1 aromatic carbocycles. The molecule has 1 aliphatic rings. The van der Waals surface area contributed by atoms with E-state index in [9.17, 15) is 14.7 Å². The van der Waals surface area contributed by atoms with Crippen LogP contribution >= 0.6 is 0 Å². The quantitative estimate of drug-likeness (QED) is 0.729. The Morgan fingerprint density at radius 2 is 2.16 bits per heavy atom. The number of carbonyl (C=O) groups excluding carboxylic acids is 2. The third-order valence-corrected chi connectivity index (χ3v) is 3.44. The number of amides is 2. The highest BCUT2D eigenvalue weighted by molar-refractivity contribution is 5.91. The molecule has 0 aromatic heterocycles. The van der Waals surface area contributed by atoms with Crippen LogP contribution in [0.4, 0.5) is 0 Å². The average Bonchev–Trinajstić information content (AvgIpc) is 2.86. The van der Waals surface area contributed by atoms with Gasteiger partial charge in [-0.15, -0.1) is 0 Å². The van der Waals surface area contributed by atoms with E-state index in [1.54, 1.807) is 6.92 Å². The molecule has 5 heteroatoms. The fraction of sp³-hybridized carbons (Fsp3) is 0.429. The minimum atomic E-state index is -0.842. The monoisotopic (exact) mass is 262 g/mol. The van der Waals surface area contributed by atoms with E-state index in [1.165, 1.54) is 0 Å². The molecule has 1 unspecified atom stereocenters. The second kappa shape index (κ2) is 5.40. The minimum absolute atomic E-state index is 0.106. The average molecular weight is 262 g/mol. The van der Waals surface area contributed by atoms with Crippen molar-refractivity contribution in [3.8, 4) is 0 Å². The van der Waals surface area contributed by atoms with E-state index in [0.717, 1.165) is 5.56 Å². The summed E-state index contributed by atoms with van der Waals surface area (Å²) in [4.78, 5) is 23.2. The van der Waals surface area contributed by atoms with Gasteiger partial charge in [0.2, 0.25) is 11.8 Å². The van der Waals surface area contributed by atoms with E-state index in [0.29, 0.717) is 12.8 Å². The third kappa shape index (κ3) is 2.93. The van der Waals surface area contributed by atoms with Crippen molar-refractivity contribution < 1.29 is 14.7 Å². The van der Waals surface area contributed by atoms with Crippen LogP contribution in [0.3, 0.4) is 0 Å². The molecule has 1 heterocycles. The molecule has 0 radical (unpaired) electrons. The van der Waals surface area contributed by atoms with Crippen LogP contribution in [0, 0.1) is 0 Å². The number of carbonyl (C=O) groups is 2. The summed E-state index contributed by atoms with van der Waals surface area (Å²) in [6.07, 6.45) is 0.875.